The Balaban J connectivity index is 2.28. The van der Waals surface area contributed by atoms with E-state index in [9.17, 15) is 0 Å². The van der Waals surface area contributed by atoms with Gasteiger partial charge in [-0.25, -0.2) is 9.97 Å². The van der Waals surface area contributed by atoms with Crippen LogP contribution in [0.4, 0.5) is 5.82 Å². The zero-order chi connectivity index (χ0) is 13.7. The van der Waals surface area contributed by atoms with Crippen molar-refractivity contribution in [2.24, 2.45) is 0 Å². The third kappa shape index (κ3) is 3.20. The van der Waals surface area contributed by atoms with Crippen LogP contribution in [0, 0.1) is 11.3 Å². The van der Waals surface area contributed by atoms with Crippen molar-refractivity contribution in [3.8, 4) is 17.7 Å². The number of aromatic nitrogens is 2. The molecule has 6 heteroatoms. The molecule has 0 spiro atoms. The lowest BCUT2D eigenvalue weighted by atomic mass is 10.2. The number of nitriles is 1. The second-order valence-corrected chi connectivity index (χ2v) is 4.41. The first-order valence-corrected chi connectivity index (χ1v) is 6.46. The molecule has 0 bridgehead atoms. The Hall–Kier alpha value is -2.13. The van der Waals surface area contributed by atoms with E-state index in [0.29, 0.717) is 27.5 Å². The summed E-state index contributed by atoms with van der Waals surface area (Å²) in [4.78, 5) is 8.17. The van der Waals surface area contributed by atoms with Crippen molar-refractivity contribution in [2.75, 3.05) is 11.9 Å². The highest BCUT2D eigenvalue weighted by Gasteiger charge is 2.10. The van der Waals surface area contributed by atoms with Gasteiger partial charge in [-0.3, -0.25) is 0 Å². The second kappa shape index (κ2) is 6.16. The molecule has 5 nitrogen and oxygen atoms in total. The molecule has 1 heterocycles. The molecule has 0 aliphatic rings. The number of hydrogen-bond acceptors (Lipinski definition) is 5. The molecule has 1 aromatic carbocycles. The Morgan fingerprint density at radius 2 is 2.26 bits per heavy atom. The molecule has 2 rings (SSSR count). The summed E-state index contributed by atoms with van der Waals surface area (Å²) in [5.41, 5.74) is 0.537. The van der Waals surface area contributed by atoms with E-state index in [1.165, 1.54) is 6.33 Å². The molecular formula is C13H11BrN4O. The van der Waals surface area contributed by atoms with E-state index in [1.54, 1.807) is 24.3 Å². The van der Waals surface area contributed by atoms with E-state index in [1.807, 2.05) is 6.92 Å². The van der Waals surface area contributed by atoms with E-state index in [-0.39, 0.29) is 0 Å². The van der Waals surface area contributed by atoms with Crippen molar-refractivity contribution in [3.05, 3.63) is 40.6 Å². The molecule has 0 aliphatic heterocycles. The quantitative estimate of drug-likeness (QED) is 0.936. The number of nitrogens with one attached hydrogen (secondary N) is 1. The fourth-order valence-corrected chi connectivity index (χ4v) is 1.88. The lowest BCUT2D eigenvalue weighted by molar-refractivity contribution is 0.458. The van der Waals surface area contributed by atoms with Crippen LogP contribution in [0.1, 0.15) is 12.5 Å². The van der Waals surface area contributed by atoms with Gasteiger partial charge in [-0.05, 0) is 41.1 Å². The average Bonchev–Trinajstić information content (AvgIpc) is 2.44. The molecule has 0 amide bonds. The van der Waals surface area contributed by atoms with Gasteiger partial charge in [-0.1, -0.05) is 6.07 Å². The Morgan fingerprint density at radius 3 is 3.00 bits per heavy atom. The SMILES string of the molecule is CCNc1ncnc(Oc2cccc(C#N)c2)c1Br. The van der Waals surface area contributed by atoms with Crippen LogP contribution < -0.4 is 10.1 Å². The summed E-state index contributed by atoms with van der Waals surface area (Å²) in [7, 11) is 0. The van der Waals surface area contributed by atoms with Crippen LogP contribution in [-0.2, 0) is 0 Å². The van der Waals surface area contributed by atoms with E-state index in [4.69, 9.17) is 10.00 Å². The van der Waals surface area contributed by atoms with Gasteiger partial charge in [0, 0.05) is 6.54 Å². The van der Waals surface area contributed by atoms with Crippen LogP contribution in [0.5, 0.6) is 11.6 Å². The zero-order valence-electron chi connectivity index (χ0n) is 10.2. The zero-order valence-corrected chi connectivity index (χ0v) is 11.8. The van der Waals surface area contributed by atoms with Crippen LogP contribution in [0.15, 0.2) is 35.1 Å². The maximum absolute atomic E-state index is 8.85. The van der Waals surface area contributed by atoms with Crippen molar-refractivity contribution >= 4 is 21.7 Å². The van der Waals surface area contributed by atoms with Crippen molar-refractivity contribution in [1.29, 1.82) is 5.26 Å². The fraction of sp³-hybridized carbons (Fsp3) is 0.154. The van der Waals surface area contributed by atoms with Gasteiger partial charge in [-0.2, -0.15) is 5.26 Å². The van der Waals surface area contributed by atoms with Gasteiger partial charge in [0.15, 0.2) is 0 Å². The number of ether oxygens (including phenoxy) is 1. The van der Waals surface area contributed by atoms with Gasteiger partial charge in [0.2, 0.25) is 5.88 Å². The van der Waals surface area contributed by atoms with Crippen molar-refractivity contribution in [1.82, 2.24) is 9.97 Å². The smallest absolute Gasteiger partial charge is 0.238 e. The summed E-state index contributed by atoms with van der Waals surface area (Å²) in [6.07, 6.45) is 1.42. The van der Waals surface area contributed by atoms with Gasteiger partial charge >= 0.3 is 0 Å². The summed E-state index contributed by atoms with van der Waals surface area (Å²) in [6, 6.07) is 8.96. The number of nitrogens with zero attached hydrogens (tertiary/aromatic N) is 3. The lowest BCUT2D eigenvalue weighted by Gasteiger charge is -2.09. The molecular weight excluding hydrogens is 308 g/mol. The first kappa shape index (κ1) is 13.3. The predicted octanol–water partition coefficient (Wildman–Crippen LogP) is 3.33. The van der Waals surface area contributed by atoms with Crippen molar-refractivity contribution in [3.63, 3.8) is 0 Å². The summed E-state index contributed by atoms with van der Waals surface area (Å²) < 4.78 is 6.30. The van der Waals surface area contributed by atoms with E-state index >= 15 is 0 Å². The topological polar surface area (TPSA) is 70.8 Å². The molecule has 0 unspecified atom stereocenters. The Labute approximate surface area is 119 Å². The summed E-state index contributed by atoms with van der Waals surface area (Å²) in [6.45, 7) is 2.73. The van der Waals surface area contributed by atoms with Gasteiger partial charge < -0.3 is 10.1 Å². The minimum Gasteiger partial charge on any atom is -0.438 e. The molecule has 96 valence electrons. The van der Waals surface area contributed by atoms with Gasteiger partial charge in [0.05, 0.1) is 11.6 Å². The van der Waals surface area contributed by atoms with Crippen molar-refractivity contribution < 1.29 is 4.74 Å². The molecule has 0 saturated carbocycles. The predicted molar refractivity (Wildman–Crippen MR) is 75.1 cm³/mol. The van der Waals surface area contributed by atoms with Crippen LogP contribution in [0.3, 0.4) is 0 Å². The maximum Gasteiger partial charge on any atom is 0.238 e. The number of hydrogen-bond donors (Lipinski definition) is 1. The maximum atomic E-state index is 8.85. The number of rotatable bonds is 4. The van der Waals surface area contributed by atoms with E-state index in [2.05, 4.69) is 37.3 Å². The lowest BCUT2D eigenvalue weighted by Crippen LogP contribution is -2.02. The standard InChI is InChI=1S/C13H11BrN4O/c1-2-16-12-11(14)13(18-8-17-12)19-10-5-3-4-9(6-10)7-15/h3-6,8H,2H2,1H3,(H,16,17,18). The number of anilines is 1. The number of benzene rings is 1. The fourth-order valence-electron chi connectivity index (χ4n) is 1.46. The molecule has 0 aliphatic carbocycles. The second-order valence-electron chi connectivity index (χ2n) is 3.61. The van der Waals surface area contributed by atoms with Crippen LogP contribution in [0.25, 0.3) is 0 Å². The molecule has 0 saturated heterocycles. The molecule has 2 aromatic rings. The van der Waals surface area contributed by atoms with Crippen molar-refractivity contribution in [2.45, 2.75) is 6.92 Å². The summed E-state index contributed by atoms with van der Waals surface area (Å²) >= 11 is 3.40. The highest BCUT2D eigenvalue weighted by Crippen LogP contribution is 2.31. The molecule has 1 aromatic heterocycles. The molecule has 19 heavy (non-hydrogen) atoms. The third-order valence-corrected chi connectivity index (χ3v) is 2.99. The van der Waals surface area contributed by atoms with Crippen LogP contribution in [0.2, 0.25) is 0 Å². The average molecular weight is 319 g/mol. The largest absolute Gasteiger partial charge is 0.438 e. The Kier molecular flexibility index (Phi) is 4.31. The van der Waals surface area contributed by atoms with Gasteiger partial charge in [0.1, 0.15) is 22.4 Å². The normalized spacial score (nSPS) is 9.74. The highest BCUT2D eigenvalue weighted by molar-refractivity contribution is 9.10. The van der Waals surface area contributed by atoms with E-state index in [0.717, 1.165) is 6.54 Å². The Bertz CT molecular complexity index is 624. The monoisotopic (exact) mass is 318 g/mol. The summed E-state index contributed by atoms with van der Waals surface area (Å²) in [5, 5.41) is 11.9. The first-order chi connectivity index (χ1) is 9.24. The van der Waals surface area contributed by atoms with E-state index < -0.39 is 0 Å². The summed E-state index contributed by atoms with van der Waals surface area (Å²) in [5.74, 6) is 1.63. The first-order valence-electron chi connectivity index (χ1n) is 5.67. The highest BCUT2D eigenvalue weighted by atomic mass is 79.9. The Morgan fingerprint density at radius 1 is 1.42 bits per heavy atom. The minimum absolute atomic E-state index is 0.404. The van der Waals surface area contributed by atoms with Gasteiger partial charge in [-0.15, -0.1) is 0 Å². The van der Waals surface area contributed by atoms with Crippen LogP contribution in [-0.4, -0.2) is 16.5 Å². The molecule has 1 N–H and O–H groups in total. The number of halogens is 1. The third-order valence-electron chi connectivity index (χ3n) is 2.28. The van der Waals surface area contributed by atoms with Gasteiger partial charge in [0.25, 0.3) is 0 Å². The minimum atomic E-state index is 0.404. The molecule has 0 fully saturated rings. The van der Waals surface area contributed by atoms with Crippen LogP contribution >= 0.6 is 15.9 Å². The molecule has 0 atom stereocenters. The molecule has 0 radical (unpaired) electrons.